The summed E-state index contributed by atoms with van der Waals surface area (Å²) >= 11 is 0. The van der Waals surface area contributed by atoms with Crippen molar-refractivity contribution in [1.29, 1.82) is 0 Å². The molecule has 29 heavy (non-hydrogen) atoms. The molecular weight excluding hydrogens is 411 g/mol. The minimum absolute atomic E-state index is 0. The Morgan fingerprint density at radius 2 is 1.69 bits per heavy atom. The molecule has 0 unspecified atom stereocenters. The average Bonchev–Trinajstić information content (AvgIpc) is 2.73. The lowest BCUT2D eigenvalue weighted by Gasteiger charge is -2.48. The summed E-state index contributed by atoms with van der Waals surface area (Å²) < 4.78 is 5.56. The maximum absolute atomic E-state index is 12.6. The smallest absolute Gasteiger partial charge is 0.234 e. The molecule has 2 aliphatic heterocycles. The lowest BCUT2D eigenvalue weighted by molar-refractivity contribution is -0.123. The van der Waals surface area contributed by atoms with Gasteiger partial charge in [0.1, 0.15) is 0 Å². The normalized spacial score (nSPS) is 23.6. The number of carbonyl (C=O) groups is 1. The Morgan fingerprint density at radius 1 is 1.03 bits per heavy atom. The Balaban J connectivity index is 0.00000210. The van der Waals surface area contributed by atoms with E-state index >= 15 is 0 Å². The molecular formula is C21H42Cl2N4O2. The Morgan fingerprint density at radius 3 is 2.31 bits per heavy atom. The molecule has 6 nitrogen and oxygen atoms in total. The molecule has 0 spiro atoms. The zero-order chi connectivity index (χ0) is 19.0. The van der Waals surface area contributed by atoms with Crippen molar-refractivity contribution in [1.82, 2.24) is 20.4 Å². The number of halogens is 2. The summed E-state index contributed by atoms with van der Waals surface area (Å²) in [5, 5.41) is 6.56. The topological polar surface area (TPSA) is 56.8 Å². The summed E-state index contributed by atoms with van der Waals surface area (Å²) in [6.07, 6.45) is 10.1. The highest BCUT2D eigenvalue weighted by molar-refractivity contribution is 5.85. The predicted molar refractivity (Wildman–Crippen MR) is 123 cm³/mol. The van der Waals surface area contributed by atoms with Crippen LogP contribution in [-0.2, 0) is 9.53 Å². The highest BCUT2D eigenvalue weighted by Gasteiger charge is 2.38. The number of nitrogens with one attached hydrogen (secondary N) is 2. The predicted octanol–water partition coefficient (Wildman–Crippen LogP) is 2.30. The van der Waals surface area contributed by atoms with E-state index in [1.165, 1.54) is 51.4 Å². The van der Waals surface area contributed by atoms with Gasteiger partial charge in [-0.15, -0.1) is 24.8 Å². The van der Waals surface area contributed by atoms with Crippen LogP contribution in [0.3, 0.4) is 0 Å². The molecule has 0 aromatic rings. The van der Waals surface area contributed by atoms with Gasteiger partial charge in [0.15, 0.2) is 0 Å². The number of likely N-dealkylation sites (tertiary alicyclic amines) is 1. The van der Waals surface area contributed by atoms with Gasteiger partial charge in [0.25, 0.3) is 0 Å². The van der Waals surface area contributed by atoms with Gasteiger partial charge in [0.2, 0.25) is 5.91 Å². The van der Waals surface area contributed by atoms with Crippen molar-refractivity contribution in [3.63, 3.8) is 0 Å². The first-order valence-corrected chi connectivity index (χ1v) is 11.2. The van der Waals surface area contributed by atoms with Crippen LogP contribution in [0.5, 0.6) is 0 Å². The van der Waals surface area contributed by atoms with Crippen LogP contribution < -0.4 is 10.6 Å². The van der Waals surface area contributed by atoms with E-state index < -0.39 is 0 Å². The average molecular weight is 453 g/mol. The van der Waals surface area contributed by atoms with E-state index in [1.54, 1.807) is 0 Å². The molecule has 3 rings (SSSR count). The van der Waals surface area contributed by atoms with Gasteiger partial charge in [0, 0.05) is 25.2 Å². The summed E-state index contributed by atoms with van der Waals surface area (Å²) in [4.78, 5) is 17.6. The van der Waals surface area contributed by atoms with Gasteiger partial charge in [0.05, 0.1) is 19.8 Å². The second kappa shape index (κ2) is 14.0. The molecule has 0 bridgehead atoms. The van der Waals surface area contributed by atoms with Crippen molar-refractivity contribution in [3.8, 4) is 0 Å². The lowest BCUT2D eigenvalue weighted by atomic mass is 9.79. The van der Waals surface area contributed by atoms with Crippen LogP contribution in [0.1, 0.15) is 51.4 Å². The van der Waals surface area contributed by atoms with Crippen LogP contribution in [-0.4, -0.2) is 87.3 Å². The highest BCUT2D eigenvalue weighted by atomic mass is 35.5. The summed E-state index contributed by atoms with van der Waals surface area (Å²) in [6.45, 7) is 8.30. The summed E-state index contributed by atoms with van der Waals surface area (Å²) in [7, 11) is 2.02. The minimum Gasteiger partial charge on any atom is -0.379 e. The van der Waals surface area contributed by atoms with Crippen LogP contribution in [0.4, 0.5) is 0 Å². The van der Waals surface area contributed by atoms with E-state index in [2.05, 4.69) is 20.4 Å². The third kappa shape index (κ3) is 8.15. The van der Waals surface area contributed by atoms with Crippen molar-refractivity contribution < 1.29 is 9.53 Å². The summed E-state index contributed by atoms with van der Waals surface area (Å²) in [5.41, 5.74) is 0.165. The molecule has 2 heterocycles. The van der Waals surface area contributed by atoms with E-state index in [9.17, 15) is 4.79 Å². The first-order valence-electron chi connectivity index (χ1n) is 11.2. The number of morpholine rings is 1. The summed E-state index contributed by atoms with van der Waals surface area (Å²) in [6, 6.07) is 0. The zero-order valence-electron chi connectivity index (χ0n) is 18.1. The fourth-order valence-electron chi connectivity index (χ4n) is 5.16. The molecule has 0 aromatic carbocycles. The van der Waals surface area contributed by atoms with E-state index in [-0.39, 0.29) is 36.3 Å². The third-order valence-corrected chi connectivity index (χ3v) is 6.96. The molecule has 8 heteroatoms. The fraction of sp³-hybridized carbons (Fsp3) is 0.952. The number of rotatable bonds is 8. The maximum atomic E-state index is 12.6. The molecule has 0 atom stereocenters. The fourth-order valence-corrected chi connectivity index (χ4v) is 5.16. The Hall–Kier alpha value is -0.110. The SMILES string of the molecule is CNCCC1CCN(CC(=O)NCC2(N3CCOCC3)CCCCC2)CC1.Cl.Cl. The zero-order valence-corrected chi connectivity index (χ0v) is 19.8. The molecule has 1 aliphatic carbocycles. The molecule has 2 N–H and O–H groups in total. The van der Waals surface area contributed by atoms with E-state index in [0.29, 0.717) is 6.54 Å². The first kappa shape index (κ1) is 26.9. The van der Waals surface area contributed by atoms with Gasteiger partial charge in [-0.2, -0.15) is 0 Å². The van der Waals surface area contributed by atoms with Crippen LogP contribution in [0.15, 0.2) is 0 Å². The number of amides is 1. The molecule has 0 aromatic heterocycles. The summed E-state index contributed by atoms with van der Waals surface area (Å²) in [5.74, 6) is 1.03. The van der Waals surface area contributed by atoms with Crippen LogP contribution in [0.2, 0.25) is 0 Å². The van der Waals surface area contributed by atoms with Crippen LogP contribution in [0.25, 0.3) is 0 Å². The first-order chi connectivity index (χ1) is 13.2. The molecule has 172 valence electrons. The Bertz CT molecular complexity index is 450. The third-order valence-electron chi connectivity index (χ3n) is 6.96. The Kier molecular flexibility index (Phi) is 13.0. The van der Waals surface area contributed by atoms with Gasteiger partial charge in [-0.05, 0) is 64.7 Å². The van der Waals surface area contributed by atoms with Crippen LogP contribution >= 0.6 is 24.8 Å². The van der Waals surface area contributed by atoms with Crippen molar-refractivity contribution in [3.05, 3.63) is 0 Å². The second-order valence-corrected chi connectivity index (χ2v) is 8.77. The minimum atomic E-state index is 0. The van der Waals surface area contributed by atoms with E-state index in [4.69, 9.17) is 4.74 Å². The quantitative estimate of drug-likeness (QED) is 0.591. The number of hydrogen-bond acceptors (Lipinski definition) is 5. The van der Waals surface area contributed by atoms with E-state index in [1.807, 2.05) is 7.05 Å². The van der Waals surface area contributed by atoms with E-state index in [0.717, 1.165) is 58.4 Å². The van der Waals surface area contributed by atoms with Crippen LogP contribution in [0, 0.1) is 5.92 Å². The molecule has 1 amide bonds. The largest absolute Gasteiger partial charge is 0.379 e. The monoisotopic (exact) mass is 452 g/mol. The lowest BCUT2D eigenvalue weighted by Crippen LogP contribution is -2.60. The van der Waals surface area contributed by atoms with Crippen molar-refractivity contribution in [2.45, 2.75) is 56.9 Å². The van der Waals surface area contributed by atoms with Crippen molar-refractivity contribution >= 4 is 30.7 Å². The number of ether oxygens (including phenoxy) is 1. The van der Waals surface area contributed by atoms with Gasteiger partial charge >= 0.3 is 0 Å². The van der Waals surface area contributed by atoms with Gasteiger partial charge in [-0.1, -0.05) is 19.3 Å². The molecule has 1 saturated carbocycles. The van der Waals surface area contributed by atoms with Gasteiger partial charge < -0.3 is 15.4 Å². The molecule has 3 aliphatic rings. The number of nitrogens with zero attached hydrogens (tertiary/aromatic N) is 2. The highest BCUT2D eigenvalue weighted by Crippen LogP contribution is 2.33. The Labute approximate surface area is 189 Å². The maximum Gasteiger partial charge on any atom is 0.234 e. The standard InChI is InChI=1S/C21H40N4O2.2ClH/c1-22-10-5-19-6-11-24(12-7-19)17-20(26)23-18-21(8-3-2-4-9-21)25-13-15-27-16-14-25;;/h19,22H,2-18H2,1H3,(H,23,26);2*1H. The van der Waals surface area contributed by atoms with Crippen molar-refractivity contribution in [2.75, 3.05) is 66.1 Å². The van der Waals surface area contributed by atoms with Gasteiger partial charge in [-0.3, -0.25) is 14.6 Å². The number of piperidine rings is 1. The molecule has 2 saturated heterocycles. The molecule has 3 fully saturated rings. The number of carbonyl (C=O) groups excluding carboxylic acids is 1. The van der Waals surface area contributed by atoms with Crippen molar-refractivity contribution in [2.24, 2.45) is 5.92 Å². The van der Waals surface area contributed by atoms with Gasteiger partial charge in [-0.25, -0.2) is 0 Å². The second-order valence-electron chi connectivity index (χ2n) is 8.77. The number of hydrogen-bond donors (Lipinski definition) is 2. The molecule has 0 radical (unpaired) electrons.